The lowest BCUT2D eigenvalue weighted by molar-refractivity contribution is -0.137. The Kier molecular flexibility index (Phi) is 5.40. The van der Waals surface area contributed by atoms with Crippen LogP contribution in [-0.4, -0.2) is 49.7 Å². The van der Waals surface area contributed by atoms with Gasteiger partial charge in [-0.2, -0.15) is 0 Å². The van der Waals surface area contributed by atoms with E-state index in [9.17, 15) is 4.79 Å². The summed E-state index contributed by atoms with van der Waals surface area (Å²) in [6.45, 7) is 12.3. The van der Waals surface area contributed by atoms with Gasteiger partial charge in [-0.1, -0.05) is 20.8 Å². The molecule has 0 bridgehead atoms. The molecule has 1 heterocycles. The Bertz CT molecular complexity index is 242. The average molecular weight is 242 g/mol. The minimum Gasteiger partial charge on any atom is -0.378 e. The van der Waals surface area contributed by atoms with Crippen LogP contribution in [0.5, 0.6) is 0 Å². The van der Waals surface area contributed by atoms with Gasteiger partial charge in [-0.3, -0.25) is 4.79 Å². The normalized spacial score (nSPS) is 19.2. The van der Waals surface area contributed by atoms with E-state index in [0.29, 0.717) is 18.6 Å². The lowest BCUT2D eigenvalue weighted by atomic mass is 9.92. The molecule has 100 valence electrons. The van der Waals surface area contributed by atoms with Crippen LogP contribution in [-0.2, 0) is 9.53 Å². The molecule has 0 spiro atoms. The Hall–Kier alpha value is -0.610. The van der Waals surface area contributed by atoms with Gasteiger partial charge in [-0.15, -0.1) is 0 Å². The van der Waals surface area contributed by atoms with E-state index in [0.717, 1.165) is 26.1 Å². The van der Waals surface area contributed by atoms with Crippen LogP contribution in [0.2, 0.25) is 0 Å². The smallest absolute Gasteiger partial charge is 0.239 e. The maximum atomic E-state index is 12.1. The van der Waals surface area contributed by atoms with Crippen LogP contribution < -0.4 is 5.32 Å². The predicted molar refractivity (Wildman–Crippen MR) is 68.9 cm³/mol. The third-order valence-electron chi connectivity index (χ3n) is 3.02. The van der Waals surface area contributed by atoms with Crippen LogP contribution in [0.1, 0.15) is 34.1 Å². The van der Waals surface area contributed by atoms with Crippen LogP contribution in [0.3, 0.4) is 0 Å². The third-order valence-corrected chi connectivity index (χ3v) is 3.02. The zero-order valence-electron chi connectivity index (χ0n) is 11.6. The van der Waals surface area contributed by atoms with Crippen molar-refractivity contribution in [3.05, 3.63) is 0 Å². The molecule has 1 aliphatic heterocycles. The van der Waals surface area contributed by atoms with Gasteiger partial charge in [0.15, 0.2) is 0 Å². The summed E-state index contributed by atoms with van der Waals surface area (Å²) in [5, 5.41) is 3.30. The number of hydrogen-bond acceptors (Lipinski definition) is 3. The molecule has 0 radical (unpaired) electrons. The summed E-state index contributed by atoms with van der Waals surface area (Å²) in [4.78, 5) is 13.9. The minimum absolute atomic E-state index is 0.0875. The topological polar surface area (TPSA) is 41.6 Å². The molecule has 0 aromatic rings. The fraction of sp³-hybridized carbons (Fsp3) is 0.923. The van der Waals surface area contributed by atoms with Crippen molar-refractivity contribution < 1.29 is 9.53 Å². The Labute approximate surface area is 105 Å². The lowest BCUT2D eigenvalue weighted by Gasteiger charge is -2.30. The van der Waals surface area contributed by atoms with E-state index in [1.54, 1.807) is 0 Å². The highest BCUT2D eigenvalue weighted by atomic mass is 16.5. The number of nitrogens with one attached hydrogen (secondary N) is 1. The van der Waals surface area contributed by atoms with Crippen molar-refractivity contribution in [1.29, 1.82) is 0 Å². The first-order chi connectivity index (χ1) is 7.90. The number of morpholine rings is 1. The fourth-order valence-corrected chi connectivity index (χ4v) is 1.81. The van der Waals surface area contributed by atoms with E-state index < -0.39 is 0 Å². The monoisotopic (exact) mass is 242 g/mol. The first-order valence-corrected chi connectivity index (χ1v) is 6.50. The molecule has 4 nitrogen and oxygen atoms in total. The van der Waals surface area contributed by atoms with E-state index in [1.807, 2.05) is 11.8 Å². The molecule has 0 saturated carbocycles. The van der Waals surface area contributed by atoms with Gasteiger partial charge in [-0.25, -0.2) is 0 Å². The molecule has 1 fully saturated rings. The maximum Gasteiger partial charge on any atom is 0.239 e. The molecule has 17 heavy (non-hydrogen) atoms. The summed E-state index contributed by atoms with van der Waals surface area (Å²) in [7, 11) is 0. The van der Waals surface area contributed by atoms with E-state index in [1.165, 1.54) is 0 Å². The van der Waals surface area contributed by atoms with Crippen molar-refractivity contribution >= 4 is 5.91 Å². The van der Waals surface area contributed by atoms with Crippen molar-refractivity contribution in [2.24, 2.45) is 5.41 Å². The van der Waals surface area contributed by atoms with E-state index >= 15 is 0 Å². The molecule has 1 atom stereocenters. The number of amides is 1. The van der Waals surface area contributed by atoms with Crippen LogP contribution in [0.15, 0.2) is 0 Å². The summed E-state index contributed by atoms with van der Waals surface area (Å²) in [5.74, 6) is 0.196. The number of carbonyl (C=O) groups excluding carboxylic acids is 1. The summed E-state index contributed by atoms with van der Waals surface area (Å²) in [6.07, 6.45) is 1.08. The standard InChI is InChI=1S/C13H26N2O2/c1-11(14-6-5-13(2,3)4)12(16)15-7-9-17-10-8-15/h11,14H,5-10H2,1-4H3. The first kappa shape index (κ1) is 14.5. The number of carbonyl (C=O) groups is 1. The SMILES string of the molecule is CC(NCCC(C)(C)C)C(=O)N1CCOCC1. The Morgan fingerprint density at radius 1 is 1.35 bits per heavy atom. The van der Waals surface area contributed by atoms with Crippen molar-refractivity contribution in [1.82, 2.24) is 10.2 Å². The van der Waals surface area contributed by atoms with Gasteiger partial charge in [0.1, 0.15) is 0 Å². The quantitative estimate of drug-likeness (QED) is 0.807. The maximum absolute atomic E-state index is 12.1. The zero-order valence-corrected chi connectivity index (χ0v) is 11.6. The highest BCUT2D eigenvalue weighted by Crippen LogP contribution is 2.17. The molecule has 1 amide bonds. The van der Waals surface area contributed by atoms with Crippen molar-refractivity contribution in [2.75, 3.05) is 32.8 Å². The summed E-state index contributed by atoms with van der Waals surface area (Å²) >= 11 is 0. The second-order valence-electron chi connectivity index (χ2n) is 5.92. The van der Waals surface area contributed by atoms with Gasteiger partial charge in [0, 0.05) is 13.1 Å². The molecule has 1 N–H and O–H groups in total. The first-order valence-electron chi connectivity index (χ1n) is 6.50. The number of hydrogen-bond donors (Lipinski definition) is 1. The Balaban J connectivity index is 2.26. The highest BCUT2D eigenvalue weighted by Gasteiger charge is 2.22. The molecule has 0 aromatic carbocycles. The molecular weight excluding hydrogens is 216 g/mol. The summed E-state index contributed by atoms with van der Waals surface area (Å²) < 4.78 is 5.24. The molecule has 0 aromatic heterocycles. The average Bonchev–Trinajstić information content (AvgIpc) is 2.27. The molecule has 1 unspecified atom stereocenters. The molecule has 1 saturated heterocycles. The van der Waals surface area contributed by atoms with Crippen LogP contribution in [0, 0.1) is 5.41 Å². The highest BCUT2D eigenvalue weighted by molar-refractivity contribution is 5.81. The van der Waals surface area contributed by atoms with E-state index in [-0.39, 0.29) is 11.9 Å². The largest absolute Gasteiger partial charge is 0.378 e. The van der Waals surface area contributed by atoms with Gasteiger partial charge in [-0.05, 0) is 25.3 Å². The van der Waals surface area contributed by atoms with Crippen LogP contribution in [0.25, 0.3) is 0 Å². The van der Waals surface area contributed by atoms with Gasteiger partial charge in [0.05, 0.1) is 19.3 Å². The van der Waals surface area contributed by atoms with E-state index in [2.05, 4.69) is 26.1 Å². The Morgan fingerprint density at radius 3 is 2.47 bits per heavy atom. The van der Waals surface area contributed by atoms with E-state index in [4.69, 9.17) is 4.74 Å². The second kappa shape index (κ2) is 6.36. The number of ether oxygens (including phenoxy) is 1. The molecule has 4 heteroatoms. The molecular formula is C13H26N2O2. The second-order valence-corrected chi connectivity index (χ2v) is 5.92. The summed E-state index contributed by atoms with van der Waals surface area (Å²) in [5.41, 5.74) is 0.314. The van der Waals surface area contributed by atoms with Gasteiger partial charge in [0.25, 0.3) is 0 Å². The molecule has 1 aliphatic rings. The van der Waals surface area contributed by atoms with Gasteiger partial charge in [0.2, 0.25) is 5.91 Å². The minimum atomic E-state index is -0.0875. The van der Waals surface area contributed by atoms with Crippen LogP contribution in [0.4, 0.5) is 0 Å². The number of nitrogens with zero attached hydrogens (tertiary/aromatic N) is 1. The fourth-order valence-electron chi connectivity index (χ4n) is 1.81. The molecule has 0 aliphatic carbocycles. The van der Waals surface area contributed by atoms with Crippen molar-refractivity contribution in [3.8, 4) is 0 Å². The summed E-state index contributed by atoms with van der Waals surface area (Å²) in [6, 6.07) is -0.0875. The van der Waals surface area contributed by atoms with Gasteiger partial charge < -0.3 is 15.0 Å². The predicted octanol–water partition coefficient (Wildman–Crippen LogP) is 1.26. The zero-order chi connectivity index (χ0) is 12.9. The van der Waals surface area contributed by atoms with Crippen LogP contribution >= 0.6 is 0 Å². The third kappa shape index (κ3) is 5.50. The molecule has 1 rings (SSSR count). The lowest BCUT2D eigenvalue weighted by Crippen LogP contribution is -2.49. The van der Waals surface area contributed by atoms with Crippen molar-refractivity contribution in [2.45, 2.75) is 40.2 Å². The number of rotatable bonds is 4. The Morgan fingerprint density at radius 2 is 1.94 bits per heavy atom. The van der Waals surface area contributed by atoms with Crippen molar-refractivity contribution in [3.63, 3.8) is 0 Å². The van der Waals surface area contributed by atoms with Gasteiger partial charge >= 0.3 is 0 Å².